The summed E-state index contributed by atoms with van der Waals surface area (Å²) in [6, 6.07) is 18.5. The lowest BCUT2D eigenvalue weighted by Crippen LogP contribution is -2.35. The number of anilines is 3. The van der Waals surface area contributed by atoms with Crippen LogP contribution in [0, 0.1) is 0 Å². The highest BCUT2D eigenvalue weighted by Gasteiger charge is 2.25. The Morgan fingerprint density at radius 2 is 1.67 bits per heavy atom. The summed E-state index contributed by atoms with van der Waals surface area (Å²) in [5.74, 6) is 2.65. The highest BCUT2D eigenvalue weighted by molar-refractivity contribution is 7.83. The summed E-state index contributed by atoms with van der Waals surface area (Å²) in [5, 5.41) is 3.58. The zero-order valence-corrected chi connectivity index (χ0v) is 23.0. The molecule has 208 valence electrons. The number of benzene rings is 2. The van der Waals surface area contributed by atoms with Gasteiger partial charge in [-0.25, -0.2) is 4.98 Å². The number of fused-ring (bicyclic) bond motifs is 2. The van der Waals surface area contributed by atoms with E-state index in [0.717, 1.165) is 74.8 Å². The Morgan fingerprint density at radius 3 is 2.46 bits per heavy atom. The van der Waals surface area contributed by atoms with Gasteiger partial charge in [0, 0.05) is 18.2 Å². The number of aromatic nitrogens is 2. The molecule has 2 aromatic carbocycles. The van der Waals surface area contributed by atoms with Gasteiger partial charge in [0.2, 0.25) is 5.95 Å². The molecular weight excluding hydrogens is 514 g/mol. The molecule has 6 rings (SSSR count). The number of nitrogens with one attached hydrogen (secondary N) is 2. The van der Waals surface area contributed by atoms with E-state index < -0.39 is 10.3 Å². The van der Waals surface area contributed by atoms with Gasteiger partial charge in [-0.2, -0.15) is 18.1 Å². The molecule has 1 aliphatic heterocycles. The maximum atomic E-state index is 10.3. The fourth-order valence-corrected chi connectivity index (χ4v) is 6.09. The molecule has 9 nitrogen and oxygen atoms in total. The second-order valence-corrected chi connectivity index (χ2v) is 11.4. The van der Waals surface area contributed by atoms with Gasteiger partial charge in [0.25, 0.3) is 0 Å². The van der Waals surface area contributed by atoms with Gasteiger partial charge in [0.05, 0.1) is 17.9 Å². The highest BCUT2D eigenvalue weighted by atomic mass is 32.2. The van der Waals surface area contributed by atoms with E-state index in [1.54, 1.807) is 0 Å². The zero-order chi connectivity index (χ0) is 27.1. The number of nitrogens with zero attached hydrogens (tertiary/aromatic N) is 3. The second kappa shape index (κ2) is 12.8. The van der Waals surface area contributed by atoms with Crippen molar-refractivity contribution in [1.82, 2.24) is 14.7 Å². The number of hydrogen-bond donors (Lipinski definition) is 3. The number of rotatable bonds is 6. The minimum atomic E-state index is -3.97. The van der Waals surface area contributed by atoms with Crippen molar-refractivity contribution in [3.8, 4) is 5.75 Å². The molecule has 3 N–H and O–H groups in total. The van der Waals surface area contributed by atoms with Crippen LogP contribution in [0.2, 0.25) is 0 Å². The molecule has 1 fully saturated rings. The summed E-state index contributed by atoms with van der Waals surface area (Å²) < 4.78 is 37.1. The highest BCUT2D eigenvalue weighted by Crippen LogP contribution is 2.36. The molecule has 1 aromatic heterocycles. The molecule has 0 atom stereocenters. The monoisotopic (exact) mass is 551 g/mol. The van der Waals surface area contributed by atoms with E-state index in [1.807, 2.05) is 24.3 Å². The van der Waals surface area contributed by atoms with Crippen LogP contribution in [0.5, 0.6) is 5.75 Å². The smallest absolute Gasteiger partial charge is 0.333 e. The molecule has 0 bridgehead atoms. The van der Waals surface area contributed by atoms with Crippen LogP contribution in [-0.4, -0.2) is 42.1 Å². The first-order valence-corrected chi connectivity index (χ1v) is 15.3. The average Bonchev–Trinajstić information content (AvgIpc) is 2.96. The van der Waals surface area contributed by atoms with Crippen LogP contribution in [0.3, 0.4) is 0 Å². The Hall–Kier alpha value is -3.21. The lowest BCUT2D eigenvalue weighted by molar-refractivity contribution is 0.313. The van der Waals surface area contributed by atoms with Gasteiger partial charge >= 0.3 is 10.3 Å². The van der Waals surface area contributed by atoms with E-state index in [9.17, 15) is 8.42 Å². The molecule has 0 unspecified atom stereocenters. The summed E-state index contributed by atoms with van der Waals surface area (Å²) in [6.07, 6.45) is 9.43. The summed E-state index contributed by atoms with van der Waals surface area (Å²) in [5.41, 5.74) is 4.77. The van der Waals surface area contributed by atoms with Crippen molar-refractivity contribution >= 4 is 27.8 Å². The number of hydrogen-bond acceptors (Lipinski definition) is 7. The number of aryl methyl sites for hydroxylation is 1. The van der Waals surface area contributed by atoms with E-state index in [2.05, 4.69) is 45.3 Å². The van der Waals surface area contributed by atoms with Gasteiger partial charge in [-0.05, 0) is 56.2 Å². The number of ether oxygens (including phenoxy) is 1. The average molecular weight is 552 g/mol. The van der Waals surface area contributed by atoms with Gasteiger partial charge in [-0.3, -0.25) is 4.55 Å². The molecule has 10 heteroatoms. The van der Waals surface area contributed by atoms with Crippen molar-refractivity contribution in [3.63, 3.8) is 0 Å². The zero-order valence-electron chi connectivity index (χ0n) is 22.2. The van der Waals surface area contributed by atoms with Gasteiger partial charge in [-0.1, -0.05) is 61.7 Å². The van der Waals surface area contributed by atoms with Crippen LogP contribution in [0.25, 0.3) is 0 Å². The minimum absolute atomic E-state index is 0.0428. The molecule has 0 amide bonds. The molecule has 0 radical (unpaired) electrons. The summed E-state index contributed by atoms with van der Waals surface area (Å²) >= 11 is 0. The van der Waals surface area contributed by atoms with Gasteiger partial charge in [-0.15, -0.1) is 0 Å². The van der Waals surface area contributed by atoms with Crippen LogP contribution >= 0.6 is 0 Å². The first kappa shape index (κ1) is 27.4. The Kier molecular flexibility index (Phi) is 8.95. The first-order chi connectivity index (χ1) is 19.0. The molecule has 0 spiro atoms. The Balaban J connectivity index is 0.000000237. The normalized spacial score (nSPS) is 17.2. The summed E-state index contributed by atoms with van der Waals surface area (Å²) in [7, 11) is -3.97. The minimum Gasteiger partial charge on any atom is -0.490 e. The predicted octanol–water partition coefficient (Wildman–Crippen LogP) is 5.21. The fourth-order valence-electron chi connectivity index (χ4n) is 5.44. The summed E-state index contributed by atoms with van der Waals surface area (Å²) in [4.78, 5) is 12.1. The van der Waals surface area contributed by atoms with E-state index >= 15 is 0 Å². The molecule has 3 aromatic rings. The van der Waals surface area contributed by atoms with Crippen molar-refractivity contribution in [2.45, 2.75) is 70.4 Å². The van der Waals surface area contributed by atoms with Crippen LogP contribution in [0.4, 0.5) is 17.5 Å². The van der Waals surface area contributed by atoms with Crippen LogP contribution in [0.1, 0.15) is 61.8 Å². The van der Waals surface area contributed by atoms with E-state index in [1.165, 1.54) is 36.1 Å². The Morgan fingerprint density at radius 1 is 0.923 bits per heavy atom. The van der Waals surface area contributed by atoms with Gasteiger partial charge in [0.1, 0.15) is 18.2 Å². The van der Waals surface area contributed by atoms with Crippen molar-refractivity contribution in [1.29, 1.82) is 0 Å². The van der Waals surface area contributed by atoms with Crippen LogP contribution in [0.15, 0.2) is 54.6 Å². The molecule has 0 saturated heterocycles. The number of para-hydroxylation sites is 2. The SMILES string of the molecule is O=S(=O)(O)NC1CCCCC1.c1ccc(CNc2nc(N3CCOc4ccccc43)nc3c2CCCC3)cc1. The lowest BCUT2D eigenvalue weighted by Gasteiger charge is -2.31. The van der Waals surface area contributed by atoms with E-state index in [0.29, 0.717) is 6.61 Å². The van der Waals surface area contributed by atoms with Crippen molar-refractivity contribution in [2.24, 2.45) is 0 Å². The van der Waals surface area contributed by atoms with Gasteiger partial charge < -0.3 is 15.0 Å². The maximum Gasteiger partial charge on any atom is 0.333 e. The third kappa shape index (κ3) is 7.46. The fraction of sp³-hybridized carbons (Fsp3) is 0.448. The molecule has 39 heavy (non-hydrogen) atoms. The van der Waals surface area contributed by atoms with Crippen LogP contribution in [-0.2, 0) is 29.7 Å². The van der Waals surface area contributed by atoms with Gasteiger partial charge in [0.15, 0.2) is 0 Å². The topological polar surface area (TPSA) is 117 Å². The van der Waals surface area contributed by atoms with E-state index in [4.69, 9.17) is 19.3 Å². The third-order valence-electron chi connectivity index (χ3n) is 7.36. The Labute approximate surface area is 230 Å². The largest absolute Gasteiger partial charge is 0.490 e. The summed E-state index contributed by atoms with van der Waals surface area (Å²) in [6.45, 7) is 2.17. The molecule has 2 heterocycles. The van der Waals surface area contributed by atoms with Crippen LogP contribution < -0.4 is 19.7 Å². The van der Waals surface area contributed by atoms with Crippen molar-refractivity contribution in [3.05, 3.63) is 71.4 Å². The molecule has 1 saturated carbocycles. The Bertz CT molecular complexity index is 1350. The van der Waals surface area contributed by atoms with E-state index in [-0.39, 0.29) is 6.04 Å². The third-order valence-corrected chi connectivity index (χ3v) is 8.00. The second-order valence-electron chi connectivity index (χ2n) is 10.2. The van der Waals surface area contributed by atoms with Crippen molar-refractivity contribution < 1.29 is 17.7 Å². The standard InChI is InChI=1S/C23H24N4O.C6H13NO3S/c1-2-8-17(9-3-1)16-24-22-18-10-4-5-11-19(18)25-23(26-22)27-14-15-28-21-13-7-6-12-20(21)27;8-11(9,10)7-6-4-2-1-3-5-6/h1-3,6-9,12-13H,4-5,10-11,14-16H2,(H,24,25,26);6-7H,1-5H2,(H,8,9,10). The van der Waals surface area contributed by atoms with Crippen molar-refractivity contribution in [2.75, 3.05) is 23.4 Å². The predicted molar refractivity (Wildman–Crippen MR) is 153 cm³/mol. The maximum absolute atomic E-state index is 10.3. The first-order valence-electron chi connectivity index (χ1n) is 13.9. The molecular formula is C29H37N5O4S. The molecule has 2 aliphatic carbocycles. The lowest BCUT2D eigenvalue weighted by atomic mass is 9.96. The quantitative estimate of drug-likeness (QED) is 0.358. The molecule has 3 aliphatic rings.